The molecule has 0 radical (unpaired) electrons. The summed E-state index contributed by atoms with van der Waals surface area (Å²) >= 11 is 0. The molecule has 7 nitrogen and oxygen atoms in total. The number of sulfonamides is 1. The van der Waals surface area contributed by atoms with E-state index in [1.807, 2.05) is 30.3 Å². The number of carbonyl (C=O) groups is 1. The molecule has 30 heavy (non-hydrogen) atoms. The topological polar surface area (TPSA) is 95.9 Å². The third-order valence-corrected chi connectivity index (χ3v) is 5.92. The van der Waals surface area contributed by atoms with Crippen LogP contribution in [0.2, 0.25) is 0 Å². The maximum atomic E-state index is 12.6. The monoisotopic (exact) mass is 426 g/mol. The lowest BCUT2D eigenvalue weighted by Gasteiger charge is -2.22. The van der Waals surface area contributed by atoms with Gasteiger partial charge in [-0.05, 0) is 48.0 Å². The molecule has 0 saturated carbocycles. The summed E-state index contributed by atoms with van der Waals surface area (Å²) in [6.45, 7) is 0.512. The smallest absolute Gasteiger partial charge is 0.337 e. The average molecular weight is 426 g/mol. The molecule has 3 rings (SSSR count). The number of hydrogen-bond acceptors (Lipinski definition) is 5. The van der Waals surface area contributed by atoms with E-state index in [1.54, 1.807) is 36.2 Å². The molecule has 3 aromatic carbocycles. The molecule has 0 bridgehead atoms. The summed E-state index contributed by atoms with van der Waals surface area (Å²) in [7, 11) is -0.595. The molecule has 0 aromatic heterocycles. The minimum atomic E-state index is -3.87. The standard InChI is InChI=1S/C22H22N2O5S/c1-24(15-16-6-4-3-5-7-16)21-13-8-17(14-20(21)22(25)26)23-30(27,28)19-11-9-18(29-2)10-12-19/h3-14,23H,15H2,1-2H3,(H,25,26). The molecule has 0 aliphatic rings. The van der Waals surface area contributed by atoms with Gasteiger partial charge in [-0.25, -0.2) is 13.2 Å². The fourth-order valence-electron chi connectivity index (χ4n) is 3.02. The van der Waals surface area contributed by atoms with Crippen LogP contribution < -0.4 is 14.4 Å². The highest BCUT2D eigenvalue weighted by Gasteiger charge is 2.18. The van der Waals surface area contributed by atoms with Crippen molar-refractivity contribution in [1.29, 1.82) is 0 Å². The molecule has 0 spiro atoms. The summed E-state index contributed by atoms with van der Waals surface area (Å²) in [5.74, 6) is -0.608. The Hall–Kier alpha value is -3.52. The van der Waals surface area contributed by atoms with Crippen molar-refractivity contribution in [3.8, 4) is 5.75 Å². The van der Waals surface area contributed by atoms with E-state index in [9.17, 15) is 18.3 Å². The van der Waals surface area contributed by atoms with Crippen molar-refractivity contribution in [2.24, 2.45) is 0 Å². The number of nitrogens with one attached hydrogen (secondary N) is 1. The third kappa shape index (κ3) is 4.90. The van der Waals surface area contributed by atoms with Gasteiger partial charge in [-0.1, -0.05) is 30.3 Å². The Bertz CT molecular complexity index is 1130. The predicted octanol–water partition coefficient (Wildman–Crippen LogP) is 3.83. The molecule has 0 fully saturated rings. The van der Waals surface area contributed by atoms with Gasteiger partial charge in [-0.2, -0.15) is 0 Å². The predicted molar refractivity (Wildman–Crippen MR) is 116 cm³/mol. The number of aromatic carboxylic acids is 1. The number of rotatable bonds is 8. The lowest BCUT2D eigenvalue weighted by molar-refractivity contribution is 0.0697. The minimum absolute atomic E-state index is 0.00311. The van der Waals surface area contributed by atoms with E-state index < -0.39 is 16.0 Å². The van der Waals surface area contributed by atoms with Crippen LogP contribution >= 0.6 is 0 Å². The summed E-state index contributed by atoms with van der Waals surface area (Å²) < 4.78 is 32.7. The first-order chi connectivity index (χ1) is 14.3. The van der Waals surface area contributed by atoms with Crippen LogP contribution in [0, 0.1) is 0 Å². The quantitative estimate of drug-likeness (QED) is 0.568. The van der Waals surface area contributed by atoms with E-state index in [2.05, 4.69) is 4.72 Å². The molecule has 0 aliphatic heterocycles. The molecular weight excluding hydrogens is 404 g/mol. The van der Waals surface area contributed by atoms with Crippen LogP contribution in [0.3, 0.4) is 0 Å². The van der Waals surface area contributed by atoms with Crippen molar-refractivity contribution < 1.29 is 23.1 Å². The maximum absolute atomic E-state index is 12.6. The number of nitrogens with zero attached hydrogens (tertiary/aromatic N) is 1. The first-order valence-electron chi connectivity index (χ1n) is 9.09. The van der Waals surface area contributed by atoms with Gasteiger partial charge in [0, 0.05) is 19.3 Å². The largest absolute Gasteiger partial charge is 0.497 e. The Kier molecular flexibility index (Phi) is 6.27. The van der Waals surface area contributed by atoms with Crippen LogP contribution in [-0.4, -0.2) is 33.7 Å². The molecule has 0 atom stereocenters. The van der Waals surface area contributed by atoms with Crippen molar-refractivity contribution in [2.75, 3.05) is 23.8 Å². The normalized spacial score (nSPS) is 11.0. The Balaban J connectivity index is 1.86. The van der Waals surface area contributed by atoms with E-state index in [4.69, 9.17) is 4.74 Å². The lowest BCUT2D eigenvalue weighted by atomic mass is 10.1. The van der Waals surface area contributed by atoms with Gasteiger partial charge in [0.15, 0.2) is 0 Å². The second-order valence-corrected chi connectivity index (χ2v) is 8.34. The van der Waals surface area contributed by atoms with Crippen molar-refractivity contribution in [3.05, 3.63) is 83.9 Å². The molecule has 0 amide bonds. The number of carboxylic acids is 1. The highest BCUT2D eigenvalue weighted by Crippen LogP contribution is 2.27. The second-order valence-electron chi connectivity index (χ2n) is 6.66. The van der Waals surface area contributed by atoms with Crippen LogP contribution in [0.5, 0.6) is 5.75 Å². The molecular formula is C22H22N2O5S. The molecule has 0 saturated heterocycles. The van der Waals surface area contributed by atoms with Gasteiger partial charge < -0.3 is 14.7 Å². The first-order valence-corrected chi connectivity index (χ1v) is 10.6. The lowest BCUT2D eigenvalue weighted by Crippen LogP contribution is -2.20. The molecule has 8 heteroatoms. The Morgan fingerprint density at radius 1 is 1.03 bits per heavy atom. The van der Waals surface area contributed by atoms with Crippen molar-refractivity contribution in [1.82, 2.24) is 0 Å². The van der Waals surface area contributed by atoms with Gasteiger partial charge >= 0.3 is 5.97 Å². The van der Waals surface area contributed by atoms with Gasteiger partial charge in [-0.3, -0.25) is 4.72 Å². The van der Waals surface area contributed by atoms with E-state index in [-0.39, 0.29) is 16.1 Å². The van der Waals surface area contributed by atoms with Gasteiger partial charge in [0.2, 0.25) is 0 Å². The maximum Gasteiger partial charge on any atom is 0.337 e. The van der Waals surface area contributed by atoms with E-state index in [0.29, 0.717) is 18.0 Å². The molecule has 0 unspecified atom stereocenters. The van der Waals surface area contributed by atoms with E-state index in [1.165, 1.54) is 25.3 Å². The van der Waals surface area contributed by atoms with Crippen LogP contribution in [0.1, 0.15) is 15.9 Å². The van der Waals surface area contributed by atoms with Gasteiger partial charge in [-0.15, -0.1) is 0 Å². The SMILES string of the molecule is COc1ccc(S(=O)(=O)Nc2ccc(N(C)Cc3ccccc3)c(C(=O)O)c2)cc1. The van der Waals surface area contributed by atoms with Gasteiger partial charge in [0.05, 0.1) is 23.3 Å². The van der Waals surface area contributed by atoms with Crippen LogP contribution in [0.25, 0.3) is 0 Å². The van der Waals surface area contributed by atoms with Crippen molar-refractivity contribution in [3.63, 3.8) is 0 Å². The number of hydrogen-bond donors (Lipinski definition) is 2. The van der Waals surface area contributed by atoms with Crippen LogP contribution in [0.4, 0.5) is 11.4 Å². The molecule has 0 heterocycles. The Morgan fingerprint density at radius 3 is 2.30 bits per heavy atom. The number of methoxy groups -OCH3 is 1. The Morgan fingerprint density at radius 2 is 1.70 bits per heavy atom. The fourth-order valence-corrected chi connectivity index (χ4v) is 4.06. The minimum Gasteiger partial charge on any atom is -0.497 e. The summed E-state index contributed by atoms with van der Waals surface area (Å²) in [6.07, 6.45) is 0. The summed E-state index contributed by atoms with van der Waals surface area (Å²) in [5, 5.41) is 9.66. The fraction of sp³-hybridized carbons (Fsp3) is 0.136. The van der Waals surface area contributed by atoms with Crippen LogP contribution in [0.15, 0.2) is 77.7 Å². The van der Waals surface area contributed by atoms with Crippen molar-refractivity contribution in [2.45, 2.75) is 11.4 Å². The summed E-state index contributed by atoms with van der Waals surface area (Å²) in [5.41, 5.74) is 1.68. The third-order valence-electron chi connectivity index (χ3n) is 4.52. The Labute approximate surface area is 175 Å². The number of benzene rings is 3. The van der Waals surface area contributed by atoms with E-state index >= 15 is 0 Å². The zero-order valence-electron chi connectivity index (χ0n) is 16.6. The average Bonchev–Trinajstić information content (AvgIpc) is 2.74. The summed E-state index contributed by atoms with van der Waals surface area (Å²) in [4.78, 5) is 13.7. The number of carboxylic acid groups (broad SMARTS) is 1. The zero-order valence-corrected chi connectivity index (χ0v) is 17.4. The summed E-state index contributed by atoms with van der Waals surface area (Å²) in [6, 6.07) is 20.0. The highest BCUT2D eigenvalue weighted by molar-refractivity contribution is 7.92. The van der Waals surface area contributed by atoms with E-state index in [0.717, 1.165) is 5.56 Å². The van der Waals surface area contributed by atoms with Gasteiger partial charge in [0.25, 0.3) is 10.0 Å². The first kappa shape index (κ1) is 21.2. The number of anilines is 2. The van der Waals surface area contributed by atoms with Crippen LogP contribution in [-0.2, 0) is 16.6 Å². The second kappa shape index (κ2) is 8.87. The molecule has 156 valence electrons. The van der Waals surface area contributed by atoms with Crippen molar-refractivity contribution >= 4 is 27.4 Å². The molecule has 0 aliphatic carbocycles. The number of ether oxygens (including phenoxy) is 1. The van der Waals surface area contributed by atoms with Gasteiger partial charge in [0.1, 0.15) is 5.75 Å². The zero-order chi connectivity index (χ0) is 21.7. The molecule has 2 N–H and O–H groups in total. The molecule has 3 aromatic rings. The highest BCUT2D eigenvalue weighted by atomic mass is 32.2.